The van der Waals surface area contributed by atoms with Crippen LogP contribution in [-0.4, -0.2) is 10.2 Å². The number of hydrogen-bond acceptors (Lipinski definition) is 2. The van der Waals surface area contributed by atoms with Crippen LogP contribution in [0.25, 0.3) is 0 Å². The van der Waals surface area contributed by atoms with E-state index in [2.05, 4.69) is 0 Å². The Kier molecular flexibility index (Phi) is 2.59. The highest BCUT2D eigenvalue weighted by atomic mass is 16.3. The van der Waals surface area contributed by atoms with Crippen LogP contribution in [-0.2, 0) is 0 Å². The summed E-state index contributed by atoms with van der Waals surface area (Å²) in [4.78, 5) is 0. The van der Waals surface area contributed by atoms with Gasteiger partial charge in [-0.05, 0) is 11.6 Å². The van der Waals surface area contributed by atoms with Crippen LogP contribution in [0.1, 0.15) is 11.1 Å². The number of phenols is 2. The monoisotopic (exact) mass is 199 g/mol. The van der Waals surface area contributed by atoms with E-state index >= 15 is 0 Å². The summed E-state index contributed by atoms with van der Waals surface area (Å²) in [6.07, 6.45) is 1.81. The quantitative estimate of drug-likeness (QED) is 0.730. The van der Waals surface area contributed by atoms with Crippen LogP contribution in [0.15, 0.2) is 48.5 Å². The van der Waals surface area contributed by atoms with Crippen LogP contribution in [0.4, 0.5) is 0 Å². The molecule has 15 heavy (non-hydrogen) atoms. The van der Waals surface area contributed by atoms with Crippen molar-refractivity contribution < 1.29 is 10.2 Å². The van der Waals surface area contributed by atoms with Crippen molar-refractivity contribution in [2.75, 3.05) is 0 Å². The fraction of sp³-hybridized carbons (Fsp3) is 0. The summed E-state index contributed by atoms with van der Waals surface area (Å²) in [7, 11) is 0. The molecule has 0 aromatic heterocycles. The third kappa shape index (κ3) is 2.10. The van der Waals surface area contributed by atoms with E-state index < -0.39 is 0 Å². The Hall–Kier alpha value is -1.96. The first-order valence-electron chi connectivity index (χ1n) is 4.68. The average Bonchev–Trinajstić information content (AvgIpc) is 2.26. The van der Waals surface area contributed by atoms with Gasteiger partial charge in [0, 0.05) is 12.0 Å². The first-order chi connectivity index (χ1) is 7.27. The van der Waals surface area contributed by atoms with Gasteiger partial charge in [-0.25, -0.2) is 0 Å². The number of para-hydroxylation sites is 1. The summed E-state index contributed by atoms with van der Waals surface area (Å²) < 4.78 is 0. The Morgan fingerprint density at radius 1 is 0.800 bits per heavy atom. The molecule has 2 aromatic rings. The van der Waals surface area contributed by atoms with Crippen molar-refractivity contribution in [1.82, 2.24) is 0 Å². The van der Waals surface area contributed by atoms with E-state index in [4.69, 9.17) is 0 Å². The molecule has 2 nitrogen and oxygen atoms in total. The zero-order valence-corrected chi connectivity index (χ0v) is 8.09. The molecule has 1 radical (unpaired) electrons. The Labute approximate surface area is 88.4 Å². The van der Waals surface area contributed by atoms with Crippen molar-refractivity contribution >= 4 is 0 Å². The smallest absolute Gasteiger partial charge is 0.161 e. The lowest BCUT2D eigenvalue weighted by atomic mass is 10.0. The lowest BCUT2D eigenvalue weighted by molar-refractivity contribution is 0.402. The number of rotatable bonds is 2. The minimum atomic E-state index is -0.0975. The zero-order chi connectivity index (χ0) is 10.7. The summed E-state index contributed by atoms with van der Waals surface area (Å²) in [5, 5.41) is 18.9. The van der Waals surface area contributed by atoms with Gasteiger partial charge >= 0.3 is 0 Å². The molecule has 2 N–H and O–H groups in total. The van der Waals surface area contributed by atoms with E-state index in [1.54, 1.807) is 12.1 Å². The third-order valence-corrected chi connectivity index (χ3v) is 2.17. The minimum Gasteiger partial charge on any atom is -0.504 e. The van der Waals surface area contributed by atoms with Crippen molar-refractivity contribution in [2.24, 2.45) is 0 Å². The van der Waals surface area contributed by atoms with Crippen LogP contribution < -0.4 is 0 Å². The van der Waals surface area contributed by atoms with Crippen LogP contribution in [0, 0.1) is 6.42 Å². The fourth-order valence-electron chi connectivity index (χ4n) is 1.39. The maximum absolute atomic E-state index is 9.58. The molecule has 0 saturated heterocycles. The second kappa shape index (κ2) is 4.05. The molecule has 2 rings (SSSR count). The molecule has 2 aromatic carbocycles. The Morgan fingerprint density at radius 2 is 1.53 bits per heavy atom. The van der Waals surface area contributed by atoms with E-state index in [9.17, 15) is 10.2 Å². The topological polar surface area (TPSA) is 40.5 Å². The standard InChI is InChI=1S/C13H11O2/c14-12-8-4-7-11(13(12)15)9-10-5-2-1-3-6-10/h1-9,14-15H. The minimum absolute atomic E-state index is 0.0821. The second-order valence-corrected chi connectivity index (χ2v) is 3.27. The summed E-state index contributed by atoms with van der Waals surface area (Å²) in [6, 6.07) is 14.5. The van der Waals surface area contributed by atoms with Gasteiger partial charge in [0.05, 0.1) is 0 Å². The summed E-state index contributed by atoms with van der Waals surface area (Å²) >= 11 is 0. The Balaban J connectivity index is 2.29. The van der Waals surface area contributed by atoms with Crippen molar-refractivity contribution in [3.8, 4) is 11.5 Å². The van der Waals surface area contributed by atoms with Crippen LogP contribution in [0.3, 0.4) is 0 Å². The van der Waals surface area contributed by atoms with E-state index in [0.29, 0.717) is 5.56 Å². The molecule has 2 heteroatoms. The number of benzene rings is 2. The van der Waals surface area contributed by atoms with Crippen molar-refractivity contribution in [3.63, 3.8) is 0 Å². The maximum Gasteiger partial charge on any atom is 0.161 e. The van der Waals surface area contributed by atoms with Gasteiger partial charge in [-0.1, -0.05) is 42.5 Å². The van der Waals surface area contributed by atoms with Gasteiger partial charge in [-0.2, -0.15) is 0 Å². The molecule has 0 fully saturated rings. The molecule has 0 bridgehead atoms. The average molecular weight is 199 g/mol. The van der Waals surface area contributed by atoms with Gasteiger partial charge in [0.1, 0.15) is 0 Å². The van der Waals surface area contributed by atoms with Crippen molar-refractivity contribution in [2.45, 2.75) is 0 Å². The number of hydrogen-bond donors (Lipinski definition) is 2. The summed E-state index contributed by atoms with van der Waals surface area (Å²) in [5.41, 5.74) is 1.60. The van der Waals surface area contributed by atoms with Crippen LogP contribution >= 0.6 is 0 Å². The van der Waals surface area contributed by atoms with Crippen molar-refractivity contribution in [1.29, 1.82) is 0 Å². The Bertz CT molecular complexity index is 449. The van der Waals surface area contributed by atoms with Gasteiger partial charge < -0.3 is 10.2 Å². The molecular weight excluding hydrogens is 188 g/mol. The SMILES string of the molecule is Oc1cccc([CH]c2ccccc2)c1O. The highest BCUT2D eigenvalue weighted by Crippen LogP contribution is 2.30. The molecule has 0 saturated carbocycles. The van der Waals surface area contributed by atoms with Gasteiger partial charge in [0.25, 0.3) is 0 Å². The lowest BCUT2D eigenvalue weighted by Gasteiger charge is -2.05. The first kappa shape index (κ1) is 9.59. The molecular formula is C13H11O2. The predicted molar refractivity (Wildman–Crippen MR) is 58.7 cm³/mol. The van der Waals surface area contributed by atoms with Crippen LogP contribution in [0.5, 0.6) is 11.5 Å². The second-order valence-electron chi connectivity index (χ2n) is 3.27. The van der Waals surface area contributed by atoms with E-state index in [1.807, 2.05) is 36.8 Å². The van der Waals surface area contributed by atoms with Gasteiger partial charge in [0.15, 0.2) is 11.5 Å². The number of aromatic hydroxyl groups is 2. The fourth-order valence-corrected chi connectivity index (χ4v) is 1.39. The van der Waals surface area contributed by atoms with E-state index in [0.717, 1.165) is 5.56 Å². The normalized spacial score (nSPS) is 10.1. The molecule has 0 atom stereocenters. The molecule has 0 aliphatic heterocycles. The molecule has 0 amide bonds. The summed E-state index contributed by atoms with van der Waals surface area (Å²) in [6.45, 7) is 0. The first-order valence-corrected chi connectivity index (χ1v) is 4.68. The molecule has 0 aliphatic carbocycles. The van der Waals surface area contributed by atoms with Crippen molar-refractivity contribution in [3.05, 3.63) is 66.1 Å². The molecule has 0 unspecified atom stereocenters. The highest BCUT2D eigenvalue weighted by Gasteiger charge is 2.06. The molecule has 0 spiro atoms. The predicted octanol–water partition coefficient (Wildman–Crippen LogP) is 2.70. The third-order valence-electron chi connectivity index (χ3n) is 2.17. The zero-order valence-electron chi connectivity index (χ0n) is 8.09. The largest absolute Gasteiger partial charge is 0.504 e. The number of phenolic OH excluding ortho intramolecular Hbond substituents is 2. The van der Waals surface area contributed by atoms with Gasteiger partial charge in [-0.3, -0.25) is 0 Å². The Morgan fingerprint density at radius 3 is 2.27 bits per heavy atom. The van der Waals surface area contributed by atoms with Gasteiger partial charge in [0.2, 0.25) is 0 Å². The van der Waals surface area contributed by atoms with E-state index in [-0.39, 0.29) is 11.5 Å². The van der Waals surface area contributed by atoms with Crippen LogP contribution in [0.2, 0.25) is 0 Å². The molecule has 0 aliphatic rings. The maximum atomic E-state index is 9.58. The van der Waals surface area contributed by atoms with Gasteiger partial charge in [-0.15, -0.1) is 0 Å². The highest BCUT2D eigenvalue weighted by molar-refractivity contribution is 5.51. The lowest BCUT2D eigenvalue weighted by Crippen LogP contribution is -1.85. The summed E-state index contributed by atoms with van der Waals surface area (Å²) in [5.74, 6) is -0.180. The molecule has 75 valence electrons. The molecule has 0 heterocycles. The van der Waals surface area contributed by atoms with E-state index in [1.165, 1.54) is 6.07 Å².